The molecule has 100 valence electrons. The number of pyridine rings is 1. The average molecular weight is 270 g/mol. The van der Waals surface area contributed by atoms with Crippen LogP contribution in [0.1, 0.15) is 12.8 Å². The predicted molar refractivity (Wildman–Crippen MR) is 69.5 cm³/mol. The quantitative estimate of drug-likeness (QED) is 0.762. The fourth-order valence-corrected chi connectivity index (χ4v) is 2.83. The van der Waals surface area contributed by atoms with Gasteiger partial charge in [-0.05, 0) is 32.0 Å². The topological polar surface area (TPSA) is 88.3 Å². The number of hydrogen-bond acceptors (Lipinski definition) is 5. The number of hydrogen-bond donors (Lipinski definition) is 2. The first-order valence-electron chi connectivity index (χ1n) is 5.91. The molecule has 0 aliphatic heterocycles. The fraction of sp³-hybridized carbons (Fsp3) is 0.545. The van der Waals surface area contributed by atoms with Crippen molar-refractivity contribution >= 4 is 15.7 Å². The summed E-state index contributed by atoms with van der Waals surface area (Å²) < 4.78 is 26.4. The Kier molecular flexibility index (Phi) is 3.84. The minimum absolute atomic E-state index is 0.0981. The van der Waals surface area contributed by atoms with Crippen molar-refractivity contribution in [3.63, 3.8) is 0 Å². The molecule has 1 aromatic rings. The second-order valence-electron chi connectivity index (χ2n) is 4.51. The number of nitrogens with two attached hydrogens (primary N) is 1. The Morgan fingerprint density at radius 1 is 1.56 bits per heavy atom. The van der Waals surface area contributed by atoms with Crippen LogP contribution in [-0.2, 0) is 10.0 Å². The normalized spacial score (nSPS) is 16.1. The van der Waals surface area contributed by atoms with E-state index in [0.717, 1.165) is 0 Å². The number of aromatic nitrogens is 1. The molecule has 0 saturated heterocycles. The first kappa shape index (κ1) is 13.3. The third-order valence-electron chi connectivity index (χ3n) is 2.98. The highest BCUT2D eigenvalue weighted by Gasteiger charge is 2.26. The second kappa shape index (κ2) is 5.21. The van der Waals surface area contributed by atoms with Crippen LogP contribution in [0.5, 0.6) is 0 Å². The van der Waals surface area contributed by atoms with Gasteiger partial charge < -0.3 is 10.6 Å². The lowest BCUT2D eigenvalue weighted by Gasteiger charge is -2.15. The smallest absolute Gasteiger partial charge is 0.260 e. The maximum absolute atomic E-state index is 11.9. The lowest BCUT2D eigenvalue weighted by molar-refractivity contribution is 0.329. The highest BCUT2D eigenvalue weighted by Crippen LogP contribution is 2.24. The highest BCUT2D eigenvalue weighted by atomic mass is 32.2. The van der Waals surface area contributed by atoms with Gasteiger partial charge >= 0.3 is 0 Å². The van der Waals surface area contributed by atoms with Gasteiger partial charge in [-0.2, -0.15) is 0 Å². The van der Waals surface area contributed by atoms with Crippen molar-refractivity contribution in [2.45, 2.75) is 23.9 Å². The monoisotopic (exact) mass is 270 g/mol. The van der Waals surface area contributed by atoms with E-state index in [1.54, 1.807) is 6.07 Å². The number of nitrogens with one attached hydrogen (secondary N) is 1. The van der Waals surface area contributed by atoms with Gasteiger partial charge in [-0.15, -0.1) is 0 Å². The minimum atomic E-state index is -3.60. The van der Waals surface area contributed by atoms with Crippen LogP contribution < -0.4 is 10.5 Å². The summed E-state index contributed by atoms with van der Waals surface area (Å²) in [6, 6.07) is 3.75. The molecule has 18 heavy (non-hydrogen) atoms. The predicted octanol–water partition coefficient (Wildman–Crippen LogP) is 0.0363. The fourth-order valence-electron chi connectivity index (χ4n) is 1.75. The first-order valence-corrected chi connectivity index (χ1v) is 7.39. The third kappa shape index (κ3) is 3.18. The van der Waals surface area contributed by atoms with E-state index in [9.17, 15) is 8.42 Å². The second-order valence-corrected chi connectivity index (χ2v) is 6.19. The summed E-state index contributed by atoms with van der Waals surface area (Å²) in [4.78, 5) is 5.96. The SMILES string of the molecule is CN(CCNS(=O)(=O)c1ncccc1N)C1CC1. The molecule has 0 amide bonds. The molecule has 3 N–H and O–H groups in total. The molecule has 6 nitrogen and oxygen atoms in total. The average Bonchev–Trinajstić information content (AvgIpc) is 3.12. The van der Waals surface area contributed by atoms with Gasteiger partial charge in [-0.3, -0.25) is 0 Å². The molecule has 1 aliphatic rings. The summed E-state index contributed by atoms with van der Waals surface area (Å²) in [6.07, 6.45) is 3.83. The van der Waals surface area contributed by atoms with Gasteiger partial charge in [0, 0.05) is 25.3 Å². The Labute approximate surface area is 107 Å². The summed E-state index contributed by atoms with van der Waals surface area (Å²) >= 11 is 0. The molecular weight excluding hydrogens is 252 g/mol. The molecule has 2 rings (SSSR count). The number of likely N-dealkylation sites (N-methyl/N-ethyl adjacent to an activating group) is 1. The standard InChI is InChI=1S/C11H18N4O2S/c1-15(9-4-5-9)8-7-14-18(16,17)11-10(12)3-2-6-13-11/h2-3,6,9,14H,4-5,7-8,12H2,1H3. The van der Waals surface area contributed by atoms with Crippen molar-refractivity contribution in [2.75, 3.05) is 25.9 Å². The molecule has 7 heteroatoms. The maximum Gasteiger partial charge on any atom is 0.260 e. The van der Waals surface area contributed by atoms with Crippen LogP contribution in [0.4, 0.5) is 5.69 Å². The molecule has 0 unspecified atom stereocenters. The molecule has 1 aliphatic carbocycles. The molecule has 0 bridgehead atoms. The zero-order valence-corrected chi connectivity index (χ0v) is 11.2. The molecular formula is C11H18N4O2S. The highest BCUT2D eigenvalue weighted by molar-refractivity contribution is 7.89. The lowest BCUT2D eigenvalue weighted by Crippen LogP contribution is -2.34. The lowest BCUT2D eigenvalue weighted by atomic mass is 10.4. The van der Waals surface area contributed by atoms with E-state index in [-0.39, 0.29) is 10.7 Å². The van der Waals surface area contributed by atoms with Crippen LogP contribution in [-0.4, -0.2) is 44.5 Å². The van der Waals surface area contributed by atoms with Gasteiger partial charge in [0.05, 0.1) is 5.69 Å². The Hall–Kier alpha value is -1.18. The van der Waals surface area contributed by atoms with Crippen molar-refractivity contribution in [3.05, 3.63) is 18.3 Å². The number of rotatable bonds is 6. The Balaban J connectivity index is 1.93. The summed E-state index contributed by atoms with van der Waals surface area (Å²) in [5.74, 6) is 0. The zero-order chi connectivity index (χ0) is 13.2. The first-order chi connectivity index (χ1) is 8.50. The summed E-state index contributed by atoms with van der Waals surface area (Å²) in [5.41, 5.74) is 5.77. The molecule has 1 aromatic heterocycles. The third-order valence-corrected chi connectivity index (χ3v) is 4.42. The molecule has 0 atom stereocenters. The van der Waals surface area contributed by atoms with Crippen molar-refractivity contribution in [1.29, 1.82) is 0 Å². The van der Waals surface area contributed by atoms with E-state index in [1.807, 2.05) is 7.05 Å². The summed E-state index contributed by atoms with van der Waals surface area (Å²) in [6.45, 7) is 1.06. The summed E-state index contributed by atoms with van der Waals surface area (Å²) in [7, 11) is -1.60. The van der Waals surface area contributed by atoms with Gasteiger partial charge in [0.2, 0.25) is 0 Å². The number of nitrogen functional groups attached to an aromatic ring is 1. The number of sulfonamides is 1. The molecule has 1 heterocycles. The van der Waals surface area contributed by atoms with E-state index < -0.39 is 10.0 Å². The van der Waals surface area contributed by atoms with E-state index in [4.69, 9.17) is 5.73 Å². The van der Waals surface area contributed by atoms with Crippen LogP contribution in [0.3, 0.4) is 0 Å². The van der Waals surface area contributed by atoms with Crippen LogP contribution >= 0.6 is 0 Å². The van der Waals surface area contributed by atoms with Gasteiger partial charge in [0.25, 0.3) is 10.0 Å². The Bertz CT molecular complexity index is 514. The maximum atomic E-state index is 11.9. The van der Waals surface area contributed by atoms with Crippen LogP contribution in [0, 0.1) is 0 Å². The molecule has 0 aromatic carbocycles. The van der Waals surface area contributed by atoms with Gasteiger partial charge in [0.15, 0.2) is 5.03 Å². The Morgan fingerprint density at radius 2 is 2.28 bits per heavy atom. The largest absolute Gasteiger partial charge is 0.396 e. The van der Waals surface area contributed by atoms with Crippen molar-refractivity contribution in [3.8, 4) is 0 Å². The zero-order valence-electron chi connectivity index (χ0n) is 10.3. The van der Waals surface area contributed by atoms with E-state index >= 15 is 0 Å². The van der Waals surface area contributed by atoms with Gasteiger partial charge in [-0.1, -0.05) is 0 Å². The van der Waals surface area contributed by atoms with Crippen LogP contribution in [0.25, 0.3) is 0 Å². The number of anilines is 1. The number of nitrogens with zero attached hydrogens (tertiary/aromatic N) is 2. The minimum Gasteiger partial charge on any atom is -0.396 e. The van der Waals surface area contributed by atoms with Crippen molar-refractivity contribution in [1.82, 2.24) is 14.6 Å². The van der Waals surface area contributed by atoms with Crippen molar-refractivity contribution in [2.24, 2.45) is 0 Å². The molecule has 1 fully saturated rings. The van der Waals surface area contributed by atoms with Crippen LogP contribution in [0.2, 0.25) is 0 Å². The van der Waals surface area contributed by atoms with Crippen LogP contribution in [0.15, 0.2) is 23.4 Å². The van der Waals surface area contributed by atoms with Crippen molar-refractivity contribution < 1.29 is 8.42 Å². The molecule has 1 saturated carbocycles. The van der Waals surface area contributed by atoms with E-state index in [2.05, 4.69) is 14.6 Å². The molecule has 0 spiro atoms. The van der Waals surface area contributed by atoms with E-state index in [0.29, 0.717) is 19.1 Å². The Morgan fingerprint density at radius 3 is 2.89 bits per heavy atom. The van der Waals surface area contributed by atoms with Gasteiger partial charge in [-0.25, -0.2) is 18.1 Å². The summed E-state index contributed by atoms with van der Waals surface area (Å²) in [5, 5.41) is -0.0981. The van der Waals surface area contributed by atoms with E-state index in [1.165, 1.54) is 25.1 Å². The molecule has 0 radical (unpaired) electrons. The van der Waals surface area contributed by atoms with Gasteiger partial charge in [0.1, 0.15) is 0 Å².